The van der Waals surface area contributed by atoms with Crippen molar-refractivity contribution < 1.29 is 17.9 Å². The van der Waals surface area contributed by atoms with E-state index in [4.69, 9.17) is 0 Å². The van der Waals surface area contributed by atoms with Crippen LogP contribution in [-0.4, -0.2) is 16.6 Å². The zero-order valence-electron chi connectivity index (χ0n) is 11.6. The fourth-order valence-electron chi connectivity index (χ4n) is 2.24. The zero-order valence-corrected chi connectivity index (χ0v) is 11.6. The highest BCUT2D eigenvalue weighted by Gasteiger charge is 2.30. The number of hydrogen-bond acceptors (Lipinski definition) is 3. The van der Waals surface area contributed by atoms with Gasteiger partial charge in [-0.3, -0.25) is 0 Å². The molecule has 0 amide bonds. The van der Waals surface area contributed by atoms with Gasteiger partial charge in [0.2, 0.25) is 0 Å². The van der Waals surface area contributed by atoms with Gasteiger partial charge in [0.1, 0.15) is 5.75 Å². The van der Waals surface area contributed by atoms with E-state index in [2.05, 4.69) is 14.9 Å². The number of hydrogen-bond donors (Lipinski definition) is 0. The summed E-state index contributed by atoms with van der Waals surface area (Å²) in [7, 11) is 0. The molecule has 0 aliphatic rings. The third kappa shape index (κ3) is 3.00. The van der Waals surface area contributed by atoms with E-state index in [-0.39, 0.29) is 5.75 Å². The first-order valence-electron chi connectivity index (χ1n) is 6.51. The molecule has 0 spiro atoms. The van der Waals surface area contributed by atoms with Gasteiger partial charge in [-0.15, -0.1) is 13.2 Å². The average Bonchev–Trinajstić information content (AvgIpc) is 2.47. The number of rotatable bonds is 2. The highest BCUT2D eigenvalue weighted by molar-refractivity contribution is 5.88. The van der Waals surface area contributed by atoms with Crippen LogP contribution < -0.4 is 4.74 Å². The SMILES string of the molecule is Cc1nncc2ccc(-c3ccc(OC(F)(F)F)cc3)cc12. The Morgan fingerprint density at radius 2 is 1.64 bits per heavy atom. The molecule has 0 fully saturated rings. The monoisotopic (exact) mass is 304 g/mol. The quantitative estimate of drug-likeness (QED) is 0.699. The molecule has 0 bridgehead atoms. The molecule has 0 saturated heterocycles. The first-order chi connectivity index (χ1) is 10.4. The second kappa shape index (κ2) is 5.29. The third-order valence-electron chi connectivity index (χ3n) is 3.27. The lowest BCUT2D eigenvalue weighted by atomic mass is 10.0. The number of nitrogens with zero attached hydrogens (tertiary/aromatic N) is 2. The molecule has 0 aliphatic heterocycles. The minimum absolute atomic E-state index is 0.237. The van der Waals surface area contributed by atoms with E-state index in [0.717, 1.165) is 27.6 Å². The first-order valence-corrected chi connectivity index (χ1v) is 6.51. The van der Waals surface area contributed by atoms with E-state index in [1.165, 1.54) is 12.1 Å². The second-order valence-electron chi connectivity index (χ2n) is 4.80. The van der Waals surface area contributed by atoms with E-state index < -0.39 is 6.36 Å². The van der Waals surface area contributed by atoms with E-state index in [9.17, 15) is 13.2 Å². The Morgan fingerprint density at radius 3 is 2.32 bits per heavy atom. The van der Waals surface area contributed by atoms with Crippen LogP contribution in [0.15, 0.2) is 48.7 Å². The minimum Gasteiger partial charge on any atom is -0.406 e. The van der Waals surface area contributed by atoms with Gasteiger partial charge in [-0.05, 0) is 36.2 Å². The summed E-state index contributed by atoms with van der Waals surface area (Å²) in [5.41, 5.74) is 2.49. The molecule has 6 heteroatoms. The first kappa shape index (κ1) is 14.3. The Kier molecular flexibility index (Phi) is 3.44. The van der Waals surface area contributed by atoms with Crippen LogP contribution in [0.5, 0.6) is 5.75 Å². The van der Waals surface area contributed by atoms with Gasteiger partial charge in [0.05, 0.1) is 11.9 Å². The van der Waals surface area contributed by atoms with Crippen LogP contribution in [0.4, 0.5) is 13.2 Å². The molecule has 0 radical (unpaired) electrons. The summed E-state index contributed by atoms with van der Waals surface area (Å²) in [6.45, 7) is 1.86. The Morgan fingerprint density at radius 1 is 0.955 bits per heavy atom. The van der Waals surface area contributed by atoms with Gasteiger partial charge in [0.15, 0.2) is 0 Å². The molecule has 0 unspecified atom stereocenters. The summed E-state index contributed by atoms with van der Waals surface area (Å²) in [6.07, 6.45) is -3.01. The number of fused-ring (bicyclic) bond motifs is 1. The lowest BCUT2D eigenvalue weighted by Crippen LogP contribution is -2.16. The van der Waals surface area contributed by atoms with Crippen LogP contribution in [0.1, 0.15) is 5.69 Å². The maximum atomic E-state index is 12.1. The predicted octanol–water partition coefficient (Wildman–Crippen LogP) is 4.50. The molecule has 1 aromatic heterocycles. The number of ether oxygens (including phenoxy) is 1. The van der Waals surface area contributed by atoms with Crippen molar-refractivity contribution in [2.45, 2.75) is 13.3 Å². The highest BCUT2D eigenvalue weighted by atomic mass is 19.4. The van der Waals surface area contributed by atoms with Crippen molar-refractivity contribution >= 4 is 10.8 Å². The number of alkyl halides is 3. The van der Waals surface area contributed by atoms with Gasteiger partial charge in [-0.25, -0.2) is 0 Å². The van der Waals surface area contributed by atoms with Crippen molar-refractivity contribution in [2.24, 2.45) is 0 Å². The van der Waals surface area contributed by atoms with Gasteiger partial charge >= 0.3 is 6.36 Å². The Balaban J connectivity index is 1.96. The van der Waals surface area contributed by atoms with Gasteiger partial charge in [0.25, 0.3) is 0 Å². The summed E-state index contributed by atoms with van der Waals surface area (Å²) in [6, 6.07) is 11.5. The van der Waals surface area contributed by atoms with Gasteiger partial charge in [0, 0.05) is 10.8 Å². The van der Waals surface area contributed by atoms with Crippen molar-refractivity contribution in [3.05, 3.63) is 54.4 Å². The molecule has 3 aromatic rings. The number of benzene rings is 2. The van der Waals surface area contributed by atoms with E-state index in [1.807, 2.05) is 25.1 Å². The topological polar surface area (TPSA) is 35.0 Å². The van der Waals surface area contributed by atoms with Gasteiger partial charge < -0.3 is 4.74 Å². The van der Waals surface area contributed by atoms with Crippen LogP contribution in [0.2, 0.25) is 0 Å². The Hall–Kier alpha value is -2.63. The molecule has 3 rings (SSSR count). The van der Waals surface area contributed by atoms with Crippen LogP contribution in [0, 0.1) is 6.92 Å². The summed E-state index contributed by atoms with van der Waals surface area (Å²) in [5.74, 6) is -0.237. The largest absolute Gasteiger partial charge is 0.573 e. The zero-order chi connectivity index (χ0) is 15.7. The van der Waals surface area contributed by atoms with Crippen LogP contribution >= 0.6 is 0 Å². The molecule has 112 valence electrons. The average molecular weight is 304 g/mol. The second-order valence-corrected chi connectivity index (χ2v) is 4.80. The fraction of sp³-hybridized carbons (Fsp3) is 0.125. The molecule has 0 N–H and O–H groups in total. The molecule has 0 saturated carbocycles. The molecule has 2 aromatic carbocycles. The Labute approximate surface area is 124 Å². The predicted molar refractivity (Wildman–Crippen MR) is 76.4 cm³/mol. The molecule has 22 heavy (non-hydrogen) atoms. The van der Waals surface area contributed by atoms with E-state index in [0.29, 0.717) is 0 Å². The fourth-order valence-corrected chi connectivity index (χ4v) is 2.24. The number of halogens is 3. The smallest absolute Gasteiger partial charge is 0.406 e. The van der Waals surface area contributed by atoms with Crippen molar-refractivity contribution in [1.82, 2.24) is 10.2 Å². The van der Waals surface area contributed by atoms with E-state index in [1.54, 1.807) is 18.3 Å². The molecular weight excluding hydrogens is 293 g/mol. The van der Waals surface area contributed by atoms with Gasteiger partial charge in [-0.2, -0.15) is 10.2 Å². The van der Waals surface area contributed by atoms with Crippen molar-refractivity contribution in [1.29, 1.82) is 0 Å². The third-order valence-corrected chi connectivity index (χ3v) is 3.27. The molecule has 0 atom stereocenters. The van der Waals surface area contributed by atoms with Crippen LogP contribution in [0.25, 0.3) is 21.9 Å². The lowest BCUT2D eigenvalue weighted by Gasteiger charge is -2.10. The maximum absolute atomic E-state index is 12.1. The van der Waals surface area contributed by atoms with Crippen molar-refractivity contribution in [3.8, 4) is 16.9 Å². The number of aromatic nitrogens is 2. The summed E-state index contributed by atoms with van der Waals surface area (Å²) in [5, 5.41) is 9.82. The highest BCUT2D eigenvalue weighted by Crippen LogP contribution is 2.28. The molecule has 1 heterocycles. The maximum Gasteiger partial charge on any atom is 0.573 e. The molecule has 0 aliphatic carbocycles. The Bertz CT molecular complexity index is 814. The van der Waals surface area contributed by atoms with Crippen molar-refractivity contribution in [3.63, 3.8) is 0 Å². The molecular formula is C16H11F3N2O. The minimum atomic E-state index is -4.68. The summed E-state index contributed by atoms with van der Waals surface area (Å²) >= 11 is 0. The summed E-state index contributed by atoms with van der Waals surface area (Å²) in [4.78, 5) is 0. The molecule has 3 nitrogen and oxygen atoms in total. The summed E-state index contributed by atoms with van der Waals surface area (Å²) < 4.78 is 40.3. The lowest BCUT2D eigenvalue weighted by molar-refractivity contribution is -0.274. The van der Waals surface area contributed by atoms with Crippen LogP contribution in [-0.2, 0) is 0 Å². The van der Waals surface area contributed by atoms with Crippen LogP contribution in [0.3, 0.4) is 0 Å². The normalized spacial score (nSPS) is 11.6. The van der Waals surface area contributed by atoms with Gasteiger partial charge in [-0.1, -0.05) is 24.3 Å². The standard InChI is InChI=1S/C16H11F3N2O/c1-10-15-8-12(2-3-13(15)9-20-21-10)11-4-6-14(7-5-11)22-16(17,18)19/h2-9H,1H3. The number of aryl methyl sites for hydroxylation is 1. The van der Waals surface area contributed by atoms with Crippen molar-refractivity contribution in [2.75, 3.05) is 0 Å². The van der Waals surface area contributed by atoms with E-state index >= 15 is 0 Å².